The molecule has 1 aromatic carbocycles. The molecule has 0 spiro atoms. The lowest BCUT2D eigenvalue weighted by molar-refractivity contribution is 0.645. The van der Waals surface area contributed by atoms with Crippen molar-refractivity contribution in [2.24, 2.45) is 5.10 Å². The van der Waals surface area contributed by atoms with Gasteiger partial charge in [0.05, 0.1) is 16.9 Å². The molecule has 29 heavy (non-hydrogen) atoms. The number of hydrogen-bond acceptors (Lipinski definition) is 6. The van der Waals surface area contributed by atoms with E-state index in [0.717, 1.165) is 28.0 Å². The first kappa shape index (κ1) is 17.2. The number of pyridine rings is 2. The van der Waals surface area contributed by atoms with E-state index in [9.17, 15) is 4.79 Å². The molecule has 142 valence electrons. The van der Waals surface area contributed by atoms with E-state index in [1.165, 1.54) is 0 Å². The zero-order chi connectivity index (χ0) is 19.8. The maximum absolute atomic E-state index is 12.7. The van der Waals surface area contributed by atoms with Gasteiger partial charge in [-0.05, 0) is 43.3 Å². The second-order valence-electron chi connectivity index (χ2n) is 6.91. The molecule has 0 fully saturated rings. The van der Waals surface area contributed by atoms with Crippen LogP contribution in [0.3, 0.4) is 0 Å². The summed E-state index contributed by atoms with van der Waals surface area (Å²) in [5.41, 5.74) is 3.89. The Morgan fingerprint density at radius 1 is 1.03 bits per heavy atom. The number of nitrogens with zero attached hydrogens (tertiary/aromatic N) is 6. The lowest BCUT2D eigenvalue weighted by Gasteiger charge is -2.24. The van der Waals surface area contributed by atoms with Crippen LogP contribution in [-0.4, -0.2) is 26.0 Å². The van der Waals surface area contributed by atoms with Crippen molar-refractivity contribution in [1.29, 1.82) is 0 Å². The third-order valence-corrected chi connectivity index (χ3v) is 4.99. The average molecular weight is 382 g/mol. The predicted octanol–water partition coefficient (Wildman–Crippen LogP) is 3.42. The molecule has 7 nitrogen and oxygen atoms in total. The monoisotopic (exact) mass is 382 g/mol. The molecular formula is C22H18N6O. The summed E-state index contributed by atoms with van der Waals surface area (Å²) in [4.78, 5) is 21.4. The number of benzene rings is 1. The average Bonchev–Trinajstić information content (AvgIpc) is 3.23. The lowest BCUT2D eigenvalue weighted by Crippen LogP contribution is -2.27. The Hall–Kier alpha value is -3.87. The molecule has 1 aliphatic rings. The second-order valence-corrected chi connectivity index (χ2v) is 6.91. The summed E-state index contributed by atoms with van der Waals surface area (Å²) in [5, 5.41) is 12.1. The highest BCUT2D eigenvalue weighted by molar-refractivity contribution is 5.92. The van der Waals surface area contributed by atoms with E-state index in [1.807, 2.05) is 60.6 Å². The van der Waals surface area contributed by atoms with Crippen LogP contribution < -0.4 is 10.4 Å². The minimum absolute atomic E-state index is 0.106. The minimum atomic E-state index is -0.274. The highest BCUT2D eigenvalue weighted by Crippen LogP contribution is 2.35. The van der Waals surface area contributed by atoms with E-state index in [2.05, 4.69) is 20.2 Å². The SMILES string of the molecule is Cc1cc(-n2ccc(=O)c(C3CC=NN3c3cccc4ncccc34)n2)ccn1. The van der Waals surface area contributed by atoms with Crippen molar-refractivity contribution in [3.05, 3.63) is 88.7 Å². The summed E-state index contributed by atoms with van der Waals surface area (Å²) < 4.78 is 1.71. The topological polar surface area (TPSA) is 76.3 Å². The summed E-state index contributed by atoms with van der Waals surface area (Å²) in [6.07, 6.45) is 7.62. The Bertz CT molecular complexity index is 1290. The third-order valence-electron chi connectivity index (χ3n) is 4.99. The molecular weight excluding hydrogens is 364 g/mol. The van der Waals surface area contributed by atoms with E-state index in [-0.39, 0.29) is 11.5 Å². The standard InChI is InChI=1S/C22H18N6O/c1-15-14-16(7-11-23-15)27-13-9-21(29)22(26-27)20-8-12-25-28(20)19-6-2-5-18-17(19)4-3-10-24-18/h2-7,9-14,20H,8H2,1H3. The number of aromatic nitrogens is 4. The van der Waals surface area contributed by atoms with Gasteiger partial charge >= 0.3 is 0 Å². The van der Waals surface area contributed by atoms with Crippen LogP contribution in [0.5, 0.6) is 0 Å². The summed E-state index contributed by atoms with van der Waals surface area (Å²) in [6, 6.07) is 14.9. The molecule has 0 aliphatic carbocycles. The molecule has 1 atom stereocenters. The third kappa shape index (κ3) is 3.06. The van der Waals surface area contributed by atoms with Crippen LogP contribution in [0.15, 0.2) is 77.0 Å². The number of fused-ring (bicyclic) bond motifs is 1. The van der Waals surface area contributed by atoms with Gasteiger partial charge in [-0.15, -0.1) is 0 Å². The van der Waals surface area contributed by atoms with Gasteiger partial charge in [0.2, 0.25) is 5.43 Å². The van der Waals surface area contributed by atoms with Gasteiger partial charge in [-0.3, -0.25) is 19.8 Å². The van der Waals surface area contributed by atoms with E-state index >= 15 is 0 Å². The first-order valence-electron chi connectivity index (χ1n) is 9.39. The molecule has 0 saturated carbocycles. The Balaban J connectivity index is 1.60. The minimum Gasteiger partial charge on any atom is -0.288 e. The fourth-order valence-electron chi connectivity index (χ4n) is 3.63. The van der Waals surface area contributed by atoms with Crippen LogP contribution in [-0.2, 0) is 0 Å². The molecule has 5 rings (SSSR count). The second kappa shape index (κ2) is 6.94. The van der Waals surface area contributed by atoms with Gasteiger partial charge < -0.3 is 0 Å². The van der Waals surface area contributed by atoms with Gasteiger partial charge in [0.15, 0.2) is 0 Å². The zero-order valence-electron chi connectivity index (χ0n) is 15.8. The summed E-state index contributed by atoms with van der Waals surface area (Å²) >= 11 is 0. The van der Waals surface area contributed by atoms with E-state index in [0.29, 0.717) is 12.1 Å². The molecule has 1 unspecified atom stereocenters. The predicted molar refractivity (Wildman–Crippen MR) is 112 cm³/mol. The fourth-order valence-corrected chi connectivity index (χ4v) is 3.63. The van der Waals surface area contributed by atoms with E-state index < -0.39 is 0 Å². The molecule has 3 aromatic heterocycles. The molecule has 0 N–H and O–H groups in total. The van der Waals surface area contributed by atoms with E-state index in [1.54, 1.807) is 29.3 Å². The quantitative estimate of drug-likeness (QED) is 0.543. The van der Waals surface area contributed by atoms with Crippen LogP contribution in [0.2, 0.25) is 0 Å². The molecule has 7 heteroatoms. The Kier molecular flexibility index (Phi) is 4.13. The van der Waals surface area contributed by atoms with Crippen molar-refractivity contribution in [2.75, 3.05) is 5.01 Å². The Morgan fingerprint density at radius 3 is 2.86 bits per heavy atom. The largest absolute Gasteiger partial charge is 0.288 e. The lowest BCUT2D eigenvalue weighted by atomic mass is 10.1. The van der Waals surface area contributed by atoms with Crippen molar-refractivity contribution in [3.63, 3.8) is 0 Å². The fraction of sp³-hybridized carbons (Fsp3) is 0.136. The molecule has 4 aromatic rings. The number of hydrogen-bond donors (Lipinski definition) is 0. The summed E-state index contributed by atoms with van der Waals surface area (Å²) in [7, 11) is 0. The van der Waals surface area contributed by atoms with Gasteiger partial charge in [-0.1, -0.05) is 6.07 Å². The molecule has 1 aliphatic heterocycles. The number of aryl methyl sites for hydroxylation is 1. The van der Waals surface area contributed by atoms with Crippen molar-refractivity contribution < 1.29 is 0 Å². The molecule has 0 amide bonds. The van der Waals surface area contributed by atoms with Crippen LogP contribution in [0.25, 0.3) is 16.6 Å². The molecule has 0 saturated heterocycles. The van der Waals surface area contributed by atoms with Gasteiger partial charge in [0.25, 0.3) is 0 Å². The van der Waals surface area contributed by atoms with Crippen LogP contribution in [0.4, 0.5) is 5.69 Å². The van der Waals surface area contributed by atoms with Crippen molar-refractivity contribution in [3.8, 4) is 5.69 Å². The highest BCUT2D eigenvalue weighted by Gasteiger charge is 2.29. The van der Waals surface area contributed by atoms with Crippen molar-refractivity contribution in [2.45, 2.75) is 19.4 Å². The Labute approximate surface area is 167 Å². The van der Waals surface area contributed by atoms with Crippen molar-refractivity contribution in [1.82, 2.24) is 19.7 Å². The first-order valence-corrected chi connectivity index (χ1v) is 9.39. The van der Waals surface area contributed by atoms with E-state index in [4.69, 9.17) is 0 Å². The summed E-state index contributed by atoms with van der Waals surface area (Å²) in [6.45, 7) is 1.92. The number of hydrazone groups is 1. The molecule has 4 heterocycles. The van der Waals surface area contributed by atoms with Gasteiger partial charge in [-0.2, -0.15) is 10.2 Å². The van der Waals surface area contributed by atoms with Crippen LogP contribution in [0.1, 0.15) is 23.9 Å². The van der Waals surface area contributed by atoms with Crippen LogP contribution in [0, 0.1) is 6.92 Å². The van der Waals surface area contributed by atoms with Crippen LogP contribution >= 0.6 is 0 Å². The normalized spacial score (nSPS) is 15.9. The highest BCUT2D eigenvalue weighted by atomic mass is 16.1. The van der Waals surface area contributed by atoms with Gasteiger partial charge in [0, 0.05) is 48.4 Å². The smallest absolute Gasteiger partial charge is 0.205 e. The number of rotatable bonds is 3. The zero-order valence-corrected chi connectivity index (χ0v) is 15.8. The maximum Gasteiger partial charge on any atom is 0.205 e. The summed E-state index contributed by atoms with van der Waals surface area (Å²) in [5.74, 6) is 0. The maximum atomic E-state index is 12.7. The first-order chi connectivity index (χ1) is 14.2. The number of anilines is 1. The van der Waals surface area contributed by atoms with Gasteiger partial charge in [0.1, 0.15) is 11.7 Å². The Morgan fingerprint density at radius 2 is 1.97 bits per heavy atom. The van der Waals surface area contributed by atoms with Crippen molar-refractivity contribution >= 4 is 22.8 Å². The van der Waals surface area contributed by atoms with Gasteiger partial charge in [-0.25, -0.2) is 4.68 Å². The molecule has 0 bridgehead atoms. The molecule has 0 radical (unpaired) electrons.